The Morgan fingerprint density at radius 1 is 0.846 bits per heavy atom. The molecule has 0 aromatic rings. The highest BCUT2D eigenvalue weighted by molar-refractivity contribution is 5.67. The molecule has 0 bridgehead atoms. The summed E-state index contributed by atoms with van der Waals surface area (Å²) in [6, 6.07) is 0. The summed E-state index contributed by atoms with van der Waals surface area (Å²) in [5.41, 5.74) is -0.488. The largest absolute Gasteiger partial charge is 0.444 e. The maximum atomic E-state index is 11.8. The van der Waals surface area contributed by atoms with Crippen molar-refractivity contribution in [3.05, 3.63) is 0 Å². The van der Waals surface area contributed by atoms with E-state index in [0.717, 1.165) is 65.2 Å². The van der Waals surface area contributed by atoms with E-state index in [4.69, 9.17) is 30.1 Å². The van der Waals surface area contributed by atoms with Crippen LogP contribution in [0.4, 0.5) is 4.79 Å². The average molecular weight is 559 g/mol. The van der Waals surface area contributed by atoms with Crippen LogP contribution in [0.15, 0.2) is 0 Å². The SMILES string of the molecule is C#CCOCCOCCOCCOCCN1CCN(CCCN(CCO)CCCNC(=O)OC(C)(C)C)CC1. The number of carbonyl (C=O) groups is 1. The lowest BCUT2D eigenvalue weighted by atomic mass is 10.2. The van der Waals surface area contributed by atoms with E-state index in [9.17, 15) is 9.90 Å². The van der Waals surface area contributed by atoms with E-state index in [1.165, 1.54) is 0 Å². The Bertz CT molecular complexity index is 634. The van der Waals surface area contributed by atoms with Gasteiger partial charge in [-0.05, 0) is 53.2 Å². The van der Waals surface area contributed by atoms with Crippen LogP contribution in [0.25, 0.3) is 0 Å². The Hall–Kier alpha value is -1.49. The van der Waals surface area contributed by atoms with E-state index in [0.29, 0.717) is 65.9 Å². The van der Waals surface area contributed by atoms with Gasteiger partial charge in [0.1, 0.15) is 12.2 Å². The van der Waals surface area contributed by atoms with Crippen LogP contribution < -0.4 is 5.32 Å². The molecule has 1 heterocycles. The second-order valence-corrected chi connectivity index (χ2v) is 10.5. The van der Waals surface area contributed by atoms with Gasteiger partial charge in [0.05, 0.1) is 52.9 Å². The molecule has 0 aromatic carbocycles. The molecule has 1 saturated heterocycles. The van der Waals surface area contributed by atoms with Crippen LogP contribution in [0.5, 0.6) is 0 Å². The molecule has 1 aliphatic rings. The summed E-state index contributed by atoms with van der Waals surface area (Å²) in [5, 5.41) is 12.2. The number of hydrogen-bond donors (Lipinski definition) is 2. The fourth-order valence-electron chi connectivity index (χ4n) is 4.02. The van der Waals surface area contributed by atoms with Crippen LogP contribution in [0.2, 0.25) is 0 Å². The summed E-state index contributed by atoms with van der Waals surface area (Å²) < 4.78 is 27.0. The first kappa shape index (κ1) is 35.5. The molecule has 228 valence electrons. The summed E-state index contributed by atoms with van der Waals surface area (Å²) in [4.78, 5) is 19.0. The smallest absolute Gasteiger partial charge is 0.407 e. The molecule has 0 atom stereocenters. The number of terminal acetylenes is 1. The normalized spacial score (nSPS) is 15.0. The van der Waals surface area contributed by atoms with E-state index in [1.54, 1.807) is 0 Å². The topological polar surface area (TPSA) is 105 Å². The highest BCUT2D eigenvalue weighted by Crippen LogP contribution is 2.06. The van der Waals surface area contributed by atoms with E-state index in [-0.39, 0.29) is 12.7 Å². The van der Waals surface area contributed by atoms with Gasteiger partial charge in [-0.15, -0.1) is 6.42 Å². The van der Waals surface area contributed by atoms with E-state index >= 15 is 0 Å². The summed E-state index contributed by atoms with van der Waals surface area (Å²) in [7, 11) is 0. The molecular weight excluding hydrogens is 504 g/mol. The zero-order valence-corrected chi connectivity index (χ0v) is 24.7. The lowest BCUT2D eigenvalue weighted by molar-refractivity contribution is -0.00261. The number of nitrogens with one attached hydrogen (secondary N) is 1. The van der Waals surface area contributed by atoms with Gasteiger partial charge in [0.2, 0.25) is 0 Å². The molecular formula is C28H54N4O7. The van der Waals surface area contributed by atoms with Crippen LogP contribution >= 0.6 is 0 Å². The number of aliphatic hydroxyl groups excluding tert-OH is 1. The van der Waals surface area contributed by atoms with Gasteiger partial charge in [-0.1, -0.05) is 5.92 Å². The summed E-state index contributed by atoms with van der Waals surface area (Å²) in [6.45, 7) is 19.2. The lowest BCUT2D eigenvalue weighted by Gasteiger charge is -2.35. The molecule has 1 rings (SSSR count). The van der Waals surface area contributed by atoms with Crippen molar-refractivity contribution in [2.45, 2.75) is 39.2 Å². The van der Waals surface area contributed by atoms with Crippen molar-refractivity contribution in [1.82, 2.24) is 20.0 Å². The van der Waals surface area contributed by atoms with Gasteiger partial charge >= 0.3 is 6.09 Å². The monoisotopic (exact) mass is 558 g/mol. The van der Waals surface area contributed by atoms with Gasteiger partial charge < -0.3 is 43.9 Å². The summed E-state index contributed by atoms with van der Waals surface area (Å²) >= 11 is 0. The molecule has 0 radical (unpaired) electrons. The van der Waals surface area contributed by atoms with Crippen molar-refractivity contribution in [3.63, 3.8) is 0 Å². The number of nitrogens with zero attached hydrogens (tertiary/aromatic N) is 3. The summed E-state index contributed by atoms with van der Waals surface area (Å²) in [6.07, 6.45) is 6.60. The van der Waals surface area contributed by atoms with E-state index < -0.39 is 5.60 Å². The van der Waals surface area contributed by atoms with Crippen LogP contribution in [-0.2, 0) is 23.7 Å². The minimum Gasteiger partial charge on any atom is -0.444 e. The highest BCUT2D eigenvalue weighted by Gasteiger charge is 2.17. The molecule has 11 nitrogen and oxygen atoms in total. The number of amides is 1. The minimum absolute atomic E-state index is 0.144. The number of rotatable bonds is 23. The molecule has 2 N–H and O–H groups in total. The van der Waals surface area contributed by atoms with Crippen molar-refractivity contribution in [3.8, 4) is 12.3 Å². The predicted octanol–water partition coefficient (Wildman–Crippen LogP) is 0.903. The Morgan fingerprint density at radius 2 is 1.38 bits per heavy atom. The molecule has 0 unspecified atom stereocenters. The third-order valence-corrected chi connectivity index (χ3v) is 6.00. The Morgan fingerprint density at radius 3 is 1.95 bits per heavy atom. The van der Waals surface area contributed by atoms with Gasteiger partial charge in [0.25, 0.3) is 0 Å². The first-order chi connectivity index (χ1) is 18.8. The molecule has 1 aliphatic heterocycles. The highest BCUT2D eigenvalue weighted by atomic mass is 16.6. The van der Waals surface area contributed by atoms with Crippen LogP contribution in [0.3, 0.4) is 0 Å². The predicted molar refractivity (Wildman–Crippen MR) is 152 cm³/mol. The molecule has 0 spiro atoms. The van der Waals surface area contributed by atoms with Gasteiger partial charge in [-0.25, -0.2) is 4.79 Å². The molecule has 0 aliphatic carbocycles. The van der Waals surface area contributed by atoms with Crippen molar-refractivity contribution in [1.29, 1.82) is 0 Å². The third-order valence-electron chi connectivity index (χ3n) is 6.00. The van der Waals surface area contributed by atoms with Crippen molar-refractivity contribution in [2.24, 2.45) is 0 Å². The Labute approximate surface area is 236 Å². The van der Waals surface area contributed by atoms with E-state index in [2.05, 4.69) is 25.9 Å². The number of piperazine rings is 1. The first-order valence-corrected chi connectivity index (χ1v) is 14.3. The standard InChI is InChI=1S/C28H54N4O7/c1-5-19-35-21-23-37-25-26-38-24-22-36-20-17-32-14-12-31(13-15-32)11-7-10-30(16-18-33)9-6-8-29-27(34)39-28(2,3)4/h1,33H,6-26H2,2-4H3,(H,29,34). The second-order valence-electron chi connectivity index (χ2n) is 10.5. The first-order valence-electron chi connectivity index (χ1n) is 14.3. The quantitative estimate of drug-likeness (QED) is 0.139. The number of aliphatic hydroxyl groups is 1. The molecule has 11 heteroatoms. The van der Waals surface area contributed by atoms with E-state index in [1.807, 2.05) is 20.8 Å². The number of ether oxygens (including phenoxy) is 5. The van der Waals surface area contributed by atoms with Crippen LogP contribution in [-0.4, -0.2) is 156 Å². The van der Waals surface area contributed by atoms with Gasteiger partial charge in [0, 0.05) is 45.8 Å². The molecule has 0 aromatic heterocycles. The molecule has 39 heavy (non-hydrogen) atoms. The van der Waals surface area contributed by atoms with Crippen molar-refractivity contribution >= 4 is 6.09 Å². The number of carbonyl (C=O) groups excluding carboxylic acids is 1. The fourth-order valence-corrected chi connectivity index (χ4v) is 4.02. The molecule has 1 amide bonds. The van der Waals surface area contributed by atoms with Crippen LogP contribution in [0, 0.1) is 12.3 Å². The van der Waals surface area contributed by atoms with Crippen molar-refractivity contribution in [2.75, 3.05) is 125 Å². The minimum atomic E-state index is -0.488. The molecule has 0 saturated carbocycles. The lowest BCUT2D eigenvalue weighted by Crippen LogP contribution is -2.47. The second kappa shape index (κ2) is 23.2. The number of hydrogen-bond acceptors (Lipinski definition) is 10. The number of alkyl carbamates (subject to hydrolysis) is 1. The van der Waals surface area contributed by atoms with Gasteiger partial charge in [-0.2, -0.15) is 0 Å². The maximum absolute atomic E-state index is 11.8. The zero-order valence-electron chi connectivity index (χ0n) is 24.7. The van der Waals surface area contributed by atoms with Crippen molar-refractivity contribution < 1.29 is 33.6 Å². The Kier molecular flexibility index (Phi) is 21.2. The third kappa shape index (κ3) is 21.9. The van der Waals surface area contributed by atoms with Crippen LogP contribution in [0.1, 0.15) is 33.6 Å². The fraction of sp³-hybridized carbons (Fsp3) is 0.893. The summed E-state index contributed by atoms with van der Waals surface area (Å²) in [5.74, 6) is 2.41. The van der Waals surface area contributed by atoms with Gasteiger partial charge in [-0.3, -0.25) is 4.90 Å². The Balaban J connectivity index is 1.98. The molecule has 1 fully saturated rings. The average Bonchev–Trinajstić information content (AvgIpc) is 2.89. The zero-order chi connectivity index (χ0) is 28.6. The van der Waals surface area contributed by atoms with Gasteiger partial charge in [0.15, 0.2) is 0 Å². The maximum Gasteiger partial charge on any atom is 0.407 e.